The number of hydrogen-bond acceptors (Lipinski definition) is 3. The lowest BCUT2D eigenvalue weighted by molar-refractivity contribution is 0.0787. The molecule has 4 rings (SSSR count). The molecule has 1 aromatic carbocycles. The summed E-state index contributed by atoms with van der Waals surface area (Å²) in [6, 6.07) is 13.8. The summed E-state index contributed by atoms with van der Waals surface area (Å²) in [6.07, 6.45) is 7.39. The van der Waals surface area contributed by atoms with Crippen LogP contribution in [0.3, 0.4) is 0 Å². The zero-order valence-electron chi connectivity index (χ0n) is 13.9. The van der Waals surface area contributed by atoms with E-state index in [1.807, 2.05) is 53.7 Å². The van der Waals surface area contributed by atoms with Crippen LogP contribution in [0.4, 0.5) is 0 Å². The number of nitrogens with zero attached hydrogens (tertiary/aromatic N) is 3. The molecule has 0 bridgehead atoms. The molecule has 1 unspecified atom stereocenters. The summed E-state index contributed by atoms with van der Waals surface area (Å²) in [5.41, 5.74) is 3.83. The Hall–Kier alpha value is -2.95. The molecule has 1 aliphatic heterocycles. The quantitative estimate of drug-likeness (QED) is 0.798. The molecule has 1 aliphatic rings. The maximum atomic E-state index is 12.9. The first-order valence-electron chi connectivity index (χ1n) is 8.58. The number of likely N-dealkylation sites (tertiary alicyclic amines) is 1. The van der Waals surface area contributed by atoms with Crippen molar-refractivity contribution in [2.24, 2.45) is 5.92 Å². The number of benzene rings is 1. The Labute approximate surface area is 146 Å². The number of carbonyl (C=O) groups is 1. The largest absolute Gasteiger partial charge is 0.338 e. The number of amides is 1. The van der Waals surface area contributed by atoms with Crippen LogP contribution >= 0.6 is 0 Å². The van der Waals surface area contributed by atoms with Crippen molar-refractivity contribution in [3.05, 3.63) is 72.3 Å². The second-order valence-electron chi connectivity index (χ2n) is 6.50. The molecule has 0 radical (unpaired) electrons. The summed E-state index contributed by atoms with van der Waals surface area (Å²) >= 11 is 0. The third-order valence-corrected chi connectivity index (χ3v) is 4.74. The highest BCUT2D eigenvalue weighted by Crippen LogP contribution is 2.24. The highest BCUT2D eigenvalue weighted by atomic mass is 16.2. The summed E-state index contributed by atoms with van der Waals surface area (Å²) in [5.74, 6) is 0.588. The first kappa shape index (κ1) is 15.6. The Bertz CT molecular complexity index is 845. The van der Waals surface area contributed by atoms with Gasteiger partial charge in [0.15, 0.2) is 0 Å². The fourth-order valence-corrected chi connectivity index (χ4v) is 3.42. The average molecular weight is 332 g/mol. The van der Waals surface area contributed by atoms with Crippen molar-refractivity contribution < 1.29 is 4.79 Å². The van der Waals surface area contributed by atoms with Gasteiger partial charge in [-0.1, -0.05) is 18.2 Å². The zero-order valence-corrected chi connectivity index (χ0v) is 13.9. The number of carbonyl (C=O) groups excluding carboxylic acids is 1. The first-order valence-corrected chi connectivity index (χ1v) is 8.58. The number of aromatic nitrogens is 3. The third kappa shape index (κ3) is 3.45. The van der Waals surface area contributed by atoms with Crippen molar-refractivity contribution in [2.75, 3.05) is 13.1 Å². The van der Waals surface area contributed by atoms with Gasteiger partial charge in [-0.3, -0.25) is 14.9 Å². The SMILES string of the molecule is O=C(c1cccc(-c2cn[nH]c2)c1)N1CCC(Cc2ccccn2)C1. The van der Waals surface area contributed by atoms with Gasteiger partial charge in [0.05, 0.1) is 6.20 Å². The topological polar surface area (TPSA) is 61.9 Å². The molecule has 0 aliphatic carbocycles. The average Bonchev–Trinajstić information content (AvgIpc) is 3.34. The van der Waals surface area contributed by atoms with Crippen molar-refractivity contribution in [1.82, 2.24) is 20.1 Å². The highest BCUT2D eigenvalue weighted by Gasteiger charge is 2.27. The van der Waals surface area contributed by atoms with E-state index in [-0.39, 0.29) is 5.91 Å². The van der Waals surface area contributed by atoms with Crippen LogP contribution in [0.15, 0.2) is 61.1 Å². The fourth-order valence-electron chi connectivity index (χ4n) is 3.42. The predicted octanol–water partition coefficient (Wildman–Crippen LogP) is 3.18. The Morgan fingerprint density at radius 3 is 2.96 bits per heavy atom. The molecule has 2 aromatic heterocycles. The van der Waals surface area contributed by atoms with E-state index in [0.29, 0.717) is 5.92 Å². The van der Waals surface area contributed by atoms with E-state index in [1.54, 1.807) is 6.20 Å². The fraction of sp³-hybridized carbons (Fsp3) is 0.250. The molecule has 0 spiro atoms. The first-order chi connectivity index (χ1) is 12.3. The monoisotopic (exact) mass is 332 g/mol. The van der Waals surface area contributed by atoms with Crippen LogP contribution in [-0.2, 0) is 6.42 Å². The zero-order chi connectivity index (χ0) is 17.1. The van der Waals surface area contributed by atoms with Crippen molar-refractivity contribution in [3.63, 3.8) is 0 Å². The van der Waals surface area contributed by atoms with Gasteiger partial charge < -0.3 is 4.90 Å². The van der Waals surface area contributed by atoms with Crippen LogP contribution < -0.4 is 0 Å². The molecular weight excluding hydrogens is 312 g/mol. The van der Waals surface area contributed by atoms with Crippen molar-refractivity contribution in [3.8, 4) is 11.1 Å². The third-order valence-electron chi connectivity index (χ3n) is 4.74. The van der Waals surface area contributed by atoms with Crippen molar-refractivity contribution in [1.29, 1.82) is 0 Å². The molecule has 3 aromatic rings. The van der Waals surface area contributed by atoms with E-state index < -0.39 is 0 Å². The smallest absolute Gasteiger partial charge is 0.253 e. The van der Waals surface area contributed by atoms with Crippen molar-refractivity contribution in [2.45, 2.75) is 12.8 Å². The molecule has 0 saturated carbocycles. The maximum Gasteiger partial charge on any atom is 0.253 e. The highest BCUT2D eigenvalue weighted by molar-refractivity contribution is 5.95. The summed E-state index contributed by atoms with van der Waals surface area (Å²) in [7, 11) is 0. The predicted molar refractivity (Wildman–Crippen MR) is 96.0 cm³/mol. The summed E-state index contributed by atoms with van der Waals surface area (Å²) < 4.78 is 0. The van der Waals surface area contributed by atoms with E-state index in [1.165, 1.54) is 0 Å². The normalized spacial score (nSPS) is 17.0. The van der Waals surface area contributed by atoms with Gasteiger partial charge in [0, 0.05) is 42.3 Å². The van der Waals surface area contributed by atoms with Crippen LogP contribution in [0.5, 0.6) is 0 Å². The molecule has 1 fully saturated rings. The molecule has 126 valence electrons. The van der Waals surface area contributed by atoms with Crippen LogP contribution in [-0.4, -0.2) is 39.1 Å². The summed E-state index contributed by atoms with van der Waals surface area (Å²) in [4.78, 5) is 19.2. The minimum absolute atomic E-state index is 0.105. The molecular formula is C20H20N4O. The van der Waals surface area contributed by atoms with Gasteiger partial charge >= 0.3 is 0 Å². The second kappa shape index (κ2) is 6.89. The maximum absolute atomic E-state index is 12.9. The number of rotatable bonds is 4. The molecule has 25 heavy (non-hydrogen) atoms. The van der Waals surface area contributed by atoms with E-state index >= 15 is 0 Å². The standard InChI is InChI=1S/C20H20N4O/c25-20(17-5-3-4-16(11-17)18-12-22-23-13-18)24-9-7-15(14-24)10-19-6-1-2-8-21-19/h1-6,8,11-13,15H,7,9-10,14H2,(H,22,23). The second-order valence-corrected chi connectivity index (χ2v) is 6.50. The van der Waals surface area contributed by atoms with Crippen LogP contribution in [0.2, 0.25) is 0 Å². The summed E-state index contributed by atoms with van der Waals surface area (Å²) in [6.45, 7) is 1.61. The Morgan fingerprint density at radius 1 is 1.20 bits per heavy atom. The lowest BCUT2D eigenvalue weighted by Gasteiger charge is -2.17. The molecule has 5 heteroatoms. The molecule has 5 nitrogen and oxygen atoms in total. The number of pyridine rings is 1. The van der Waals surface area contributed by atoms with Crippen LogP contribution in [0.25, 0.3) is 11.1 Å². The van der Waals surface area contributed by atoms with Crippen molar-refractivity contribution >= 4 is 5.91 Å². The Morgan fingerprint density at radius 2 is 2.16 bits per heavy atom. The molecule has 1 saturated heterocycles. The van der Waals surface area contributed by atoms with Gasteiger partial charge in [-0.25, -0.2) is 0 Å². The minimum atomic E-state index is 0.105. The molecule has 3 heterocycles. The Kier molecular flexibility index (Phi) is 4.29. The molecule has 1 atom stereocenters. The van der Waals surface area contributed by atoms with Crippen LogP contribution in [0.1, 0.15) is 22.5 Å². The van der Waals surface area contributed by atoms with E-state index in [0.717, 1.165) is 48.3 Å². The lowest BCUT2D eigenvalue weighted by Crippen LogP contribution is -2.29. The van der Waals surface area contributed by atoms with Gasteiger partial charge in [-0.2, -0.15) is 5.10 Å². The minimum Gasteiger partial charge on any atom is -0.338 e. The number of H-pyrrole nitrogens is 1. The van der Waals surface area contributed by atoms with Gasteiger partial charge in [0.2, 0.25) is 0 Å². The van der Waals surface area contributed by atoms with Gasteiger partial charge in [-0.15, -0.1) is 0 Å². The number of hydrogen-bond donors (Lipinski definition) is 1. The number of aromatic amines is 1. The lowest BCUT2D eigenvalue weighted by atomic mass is 10.0. The van der Waals surface area contributed by atoms with Gasteiger partial charge in [0.25, 0.3) is 5.91 Å². The Balaban J connectivity index is 1.44. The van der Waals surface area contributed by atoms with E-state index in [4.69, 9.17) is 0 Å². The van der Waals surface area contributed by atoms with Gasteiger partial charge in [0.1, 0.15) is 0 Å². The molecule has 1 N–H and O–H groups in total. The van der Waals surface area contributed by atoms with Gasteiger partial charge in [-0.05, 0) is 48.6 Å². The van der Waals surface area contributed by atoms with E-state index in [9.17, 15) is 4.79 Å². The number of nitrogens with one attached hydrogen (secondary N) is 1. The molecule has 1 amide bonds. The van der Waals surface area contributed by atoms with E-state index in [2.05, 4.69) is 21.2 Å². The summed E-state index contributed by atoms with van der Waals surface area (Å²) in [5, 5.41) is 6.78. The van der Waals surface area contributed by atoms with Crippen LogP contribution in [0, 0.1) is 5.92 Å².